The molecule has 2 fully saturated rings. The molecule has 0 bridgehead atoms. The van der Waals surface area contributed by atoms with E-state index < -0.39 is 5.91 Å². The summed E-state index contributed by atoms with van der Waals surface area (Å²) < 4.78 is 3.36. The Bertz CT molecular complexity index is 1150. The zero-order valence-corrected chi connectivity index (χ0v) is 15.0. The summed E-state index contributed by atoms with van der Waals surface area (Å²) in [6.45, 7) is 1.05. The molecule has 3 heterocycles. The largest absolute Gasteiger partial charge is 0.364 e. The van der Waals surface area contributed by atoms with Crippen molar-refractivity contribution in [2.75, 3.05) is 13.1 Å². The summed E-state index contributed by atoms with van der Waals surface area (Å²) in [6, 6.07) is 5.57. The second kappa shape index (κ2) is 6.04. The molecule has 1 aliphatic heterocycles. The predicted octanol–water partition coefficient (Wildman–Crippen LogP) is 0.442. The van der Waals surface area contributed by atoms with Gasteiger partial charge in [0.2, 0.25) is 0 Å². The van der Waals surface area contributed by atoms with E-state index in [2.05, 4.69) is 15.3 Å². The number of nitrogens with two attached hydrogens (primary N) is 1. The lowest BCUT2D eigenvalue weighted by Gasteiger charge is -2.16. The quantitative estimate of drug-likeness (QED) is 0.677. The molecule has 2 aromatic heterocycles. The van der Waals surface area contributed by atoms with E-state index in [0.717, 1.165) is 18.4 Å². The highest BCUT2D eigenvalue weighted by Crippen LogP contribution is 2.35. The maximum Gasteiger partial charge on any atom is 0.326 e. The van der Waals surface area contributed by atoms with E-state index >= 15 is 0 Å². The number of benzene rings is 1. The third kappa shape index (κ3) is 2.68. The number of carbonyl (C=O) groups is 2. The van der Waals surface area contributed by atoms with Gasteiger partial charge in [-0.2, -0.15) is 0 Å². The minimum atomic E-state index is -0.627. The Labute approximate surface area is 158 Å². The number of carbonyl (C=O) groups excluding carboxylic acids is 2. The first kappa shape index (κ1) is 16.7. The summed E-state index contributed by atoms with van der Waals surface area (Å²) in [7, 11) is 0. The van der Waals surface area contributed by atoms with Gasteiger partial charge in [-0.25, -0.2) is 9.48 Å². The molecule has 10 nitrogen and oxygen atoms in total. The monoisotopic (exact) mass is 381 g/mol. The minimum Gasteiger partial charge on any atom is -0.364 e. The second-order valence-electron chi connectivity index (χ2n) is 7.40. The van der Waals surface area contributed by atoms with Gasteiger partial charge < -0.3 is 15.6 Å². The summed E-state index contributed by atoms with van der Waals surface area (Å²) in [4.78, 5) is 40.9. The standard InChI is InChI=1S/C18H19N7O3/c19-16(26)14-9-24(22-21-14)12-5-6-23(8-12)17(27)10-1-4-15-13(7-10)20-18(28)25(15)11-2-3-11/h1,4,7,9,11-12H,2-3,5-6,8H2,(H2,19,26)(H,20,28). The number of aromatic nitrogens is 5. The fourth-order valence-electron chi connectivity index (χ4n) is 3.85. The van der Waals surface area contributed by atoms with E-state index in [1.807, 2.05) is 6.07 Å². The highest BCUT2D eigenvalue weighted by atomic mass is 16.2. The van der Waals surface area contributed by atoms with E-state index in [1.165, 1.54) is 6.20 Å². The average Bonchev–Trinajstić information content (AvgIpc) is 3.11. The van der Waals surface area contributed by atoms with Crippen molar-refractivity contribution in [1.29, 1.82) is 0 Å². The highest BCUT2D eigenvalue weighted by Gasteiger charge is 2.30. The summed E-state index contributed by atoms with van der Waals surface area (Å²) in [6.07, 6.45) is 4.26. The van der Waals surface area contributed by atoms with Gasteiger partial charge in [-0.1, -0.05) is 5.21 Å². The number of amides is 2. The van der Waals surface area contributed by atoms with Gasteiger partial charge in [-0.3, -0.25) is 14.2 Å². The Morgan fingerprint density at radius 1 is 1.18 bits per heavy atom. The van der Waals surface area contributed by atoms with E-state index in [4.69, 9.17) is 5.73 Å². The minimum absolute atomic E-state index is 0.0518. The molecule has 0 spiro atoms. The Morgan fingerprint density at radius 3 is 2.71 bits per heavy atom. The first-order valence-electron chi connectivity index (χ1n) is 9.26. The summed E-state index contributed by atoms with van der Waals surface area (Å²) in [5.74, 6) is -0.725. The molecule has 10 heteroatoms. The number of hydrogen-bond acceptors (Lipinski definition) is 5. The van der Waals surface area contributed by atoms with Gasteiger partial charge in [0.1, 0.15) is 0 Å². The highest BCUT2D eigenvalue weighted by molar-refractivity contribution is 5.97. The number of rotatable bonds is 4. The van der Waals surface area contributed by atoms with Gasteiger partial charge in [0.25, 0.3) is 11.8 Å². The molecule has 1 saturated carbocycles. The normalized spacial score (nSPS) is 19.4. The van der Waals surface area contributed by atoms with Gasteiger partial charge in [0.15, 0.2) is 5.69 Å². The van der Waals surface area contributed by atoms with E-state index in [-0.39, 0.29) is 29.4 Å². The molecule has 1 aromatic carbocycles. The van der Waals surface area contributed by atoms with Gasteiger partial charge in [0, 0.05) is 24.7 Å². The Kier molecular flexibility index (Phi) is 3.61. The van der Waals surface area contributed by atoms with Crippen LogP contribution in [0.5, 0.6) is 0 Å². The van der Waals surface area contributed by atoms with E-state index in [1.54, 1.807) is 26.3 Å². The molecule has 5 rings (SSSR count). The summed E-state index contributed by atoms with van der Waals surface area (Å²) in [5, 5.41) is 7.70. The molecule has 1 aliphatic carbocycles. The molecule has 1 unspecified atom stereocenters. The van der Waals surface area contributed by atoms with E-state index in [9.17, 15) is 14.4 Å². The SMILES string of the molecule is NC(=O)c1cn(C2CCN(C(=O)c3ccc4c(c3)[nH]c(=O)n4C3CC3)C2)nn1. The van der Waals surface area contributed by atoms with Crippen LogP contribution in [0.15, 0.2) is 29.2 Å². The fourth-order valence-corrected chi connectivity index (χ4v) is 3.85. The lowest BCUT2D eigenvalue weighted by Crippen LogP contribution is -2.29. The smallest absolute Gasteiger partial charge is 0.326 e. The number of nitrogens with zero attached hydrogens (tertiary/aromatic N) is 5. The van der Waals surface area contributed by atoms with Crippen molar-refractivity contribution in [3.63, 3.8) is 0 Å². The molecule has 2 aliphatic rings. The van der Waals surface area contributed by atoms with Crippen LogP contribution in [0.2, 0.25) is 0 Å². The molecule has 0 radical (unpaired) electrons. The molecule has 2 amide bonds. The van der Waals surface area contributed by atoms with Gasteiger partial charge >= 0.3 is 5.69 Å². The maximum atomic E-state index is 12.9. The molecule has 144 valence electrons. The fraction of sp³-hybridized carbons (Fsp3) is 0.389. The third-order valence-electron chi connectivity index (χ3n) is 5.46. The average molecular weight is 381 g/mol. The molecule has 28 heavy (non-hydrogen) atoms. The van der Waals surface area contributed by atoms with Crippen LogP contribution < -0.4 is 11.4 Å². The van der Waals surface area contributed by atoms with Crippen molar-refractivity contribution in [2.24, 2.45) is 5.73 Å². The van der Waals surface area contributed by atoms with Crippen LogP contribution in [0.3, 0.4) is 0 Å². The number of aromatic amines is 1. The van der Waals surface area contributed by atoms with Crippen molar-refractivity contribution < 1.29 is 9.59 Å². The number of nitrogens with one attached hydrogen (secondary N) is 1. The summed E-state index contributed by atoms with van der Waals surface area (Å²) >= 11 is 0. The van der Waals surface area contributed by atoms with Crippen LogP contribution in [0.4, 0.5) is 0 Å². The molecule has 1 saturated heterocycles. The van der Waals surface area contributed by atoms with E-state index in [0.29, 0.717) is 30.6 Å². The number of likely N-dealkylation sites (tertiary alicyclic amines) is 1. The van der Waals surface area contributed by atoms with Crippen LogP contribution >= 0.6 is 0 Å². The number of fused-ring (bicyclic) bond motifs is 1. The Morgan fingerprint density at radius 2 is 2.00 bits per heavy atom. The zero-order valence-electron chi connectivity index (χ0n) is 15.0. The number of hydrogen-bond donors (Lipinski definition) is 2. The molecule has 3 aromatic rings. The molecule has 3 N–H and O–H groups in total. The van der Waals surface area contributed by atoms with Crippen LogP contribution in [-0.2, 0) is 0 Å². The van der Waals surface area contributed by atoms with Crippen LogP contribution in [0, 0.1) is 0 Å². The van der Waals surface area contributed by atoms with Crippen LogP contribution in [0.25, 0.3) is 11.0 Å². The summed E-state index contributed by atoms with van der Waals surface area (Å²) in [5.41, 5.74) is 7.25. The number of H-pyrrole nitrogens is 1. The van der Waals surface area contributed by atoms with Crippen molar-refractivity contribution in [1.82, 2.24) is 29.4 Å². The Hall–Kier alpha value is -3.43. The third-order valence-corrected chi connectivity index (χ3v) is 5.46. The van der Waals surface area contributed by atoms with Gasteiger partial charge in [-0.05, 0) is 37.5 Å². The Balaban J connectivity index is 1.36. The molecule has 1 atom stereocenters. The molecular formula is C18H19N7O3. The van der Waals surface area contributed by atoms with Crippen molar-refractivity contribution in [2.45, 2.75) is 31.3 Å². The lowest BCUT2D eigenvalue weighted by atomic mass is 10.1. The second-order valence-corrected chi connectivity index (χ2v) is 7.40. The lowest BCUT2D eigenvalue weighted by molar-refractivity contribution is 0.0786. The van der Waals surface area contributed by atoms with Crippen molar-refractivity contribution in [3.05, 3.63) is 46.1 Å². The van der Waals surface area contributed by atoms with Gasteiger partial charge in [-0.15, -0.1) is 5.10 Å². The van der Waals surface area contributed by atoms with Crippen molar-refractivity contribution >= 4 is 22.8 Å². The number of primary amides is 1. The van der Waals surface area contributed by atoms with Crippen LogP contribution in [-0.4, -0.2) is 54.3 Å². The zero-order chi connectivity index (χ0) is 19.4. The van der Waals surface area contributed by atoms with Crippen molar-refractivity contribution in [3.8, 4) is 0 Å². The maximum absolute atomic E-state index is 12.9. The topological polar surface area (TPSA) is 132 Å². The molecular weight excluding hydrogens is 362 g/mol. The first-order chi connectivity index (χ1) is 13.5. The predicted molar refractivity (Wildman–Crippen MR) is 98.9 cm³/mol. The van der Waals surface area contributed by atoms with Crippen LogP contribution in [0.1, 0.15) is 52.2 Å². The number of imidazole rings is 1. The first-order valence-corrected chi connectivity index (χ1v) is 9.26. The van der Waals surface area contributed by atoms with Gasteiger partial charge in [0.05, 0.1) is 23.3 Å².